The molecule has 0 radical (unpaired) electrons. The van der Waals surface area contributed by atoms with E-state index in [2.05, 4.69) is 10.6 Å². The highest BCUT2D eigenvalue weighted by Crippen LogP contribution is 2.04. The van der Waals surface area contributed by atoms with Crippen molar-refractivity contribution < 1.29 is 0 Å². The average molecular weight is 261 g/mol. The summed E-state index contributed by atoms with van der Waals surface area (Å²) >= 11 is 0. The molecule has 0 aliphatic carbocycles. The van der Waals surface area contributed by atoms with Gasteiger partial charge in [-0.2, -0.15) is 0 Å². The van der Waals surface area contributed by atoms with Gasteiger partial charge in [-0.25, -0.2) is 0 Å². The van der Waals surface area contributed by atoms with E-state index in [1.165, 1.54) is 5.56 Å². The van der Waals surface area contributed by atoms with Gasteiger partial charge in [0.25, 0.3) is 0 Å². The lowest BCUT2D eigenvalue weighted by atomic mass is 10.1. The molecule has 0 saturated carbocycles. The van der Waals surface area contributed by atoms with Crippen LogP contribution in [0.4, 0.5) is 0 Å². The SMILES string of the molecule is CNCC/C(N)=C/NCCc1ccc(C(=N)N)cc1. The number of benzene rings is 1. The van der Waals surface area contributed by atoms with Gasteiger partial charge in [0.15, 0.2) is 0 Å². The molecule has 0 fully saturated rings. The van der Waals surface area contributed by atoms with Crippen LogP contribution in [0.5, 0.6) is 0 Å². The van der Waals surface area contributed by atoms with Gasteiger partial charge >= 0.3 is 0 Å². The number of nitrogens with two attached hydrogens (primary N) is 2. The van der Waals surface area contributed by atoms with Crippen molar-refractivity contribution in [3.8, 4) is 0 Å². The van der Waals surface area contributed by atoms with Crippen LogP contribution in [0.3, 0.4) is 0 Å². The molecule has 5 heteroatoms. The Balaban J connectivity index is 2.31. The van der Waals surface area contributed by atoms with Gasteiger partial charge in [0, 0.05) is 37.0 Å². The van der Waals surface area contributed by atoms with Crippen molar-refractivity contribution >= 4 is 5.84 Å². The topological polar surface area (TPSA) is 100.0 Å². The molecule has 0 atom stereocenters. The fourth-order valence-electron chi connectivity index (χ4n) is 1.61. The minimum atomic E-state index is 0.102. The summed E-state index contributed by atoms with van der Waals surface area (Å²) in [7, 11) is 1.91. The van der Waals surface area contributed by atoms with Crippen LogP contribution in [0.25, 0.3) is 0 Å². The summed E-state index contributed by atoms with van der Waals surface area (Å²) < 4.78 is 0. The van der Waals surface area contributed by atoms with Crippen molar-refractivity contribution in [2.75, 3.05) is 20.1 Å². The smallest absolute Gasteiger partial charge is 0.122 e. The maximum Gasteiger partial charge on any atom is 0.122 e. The quantitative estimate of drug-likeness (QED) is 0.267. The van der Waals surface area contributed by atoms with E-state index < -0.39 is 0 Å². The first-order chi connectivity index (χ1) is 9.13. The number of hydrogen-bond acceptors (Lipinski definition) is 4. The molecule has 0 aromatic heterocycles. The predicted octanol–water partition coefficient (Wildman–Crippen LogP) is 0.512. The van der Waals surface area contributed by atoms with Crippen molar-refractivity contribution in [2.45, 2.75) is 12.8 Å². The number of nitrogens with one attached hydrogen (secondary N) is 3. The highest BCUT2D eigenvalue weighted by atomic mass is 14.9. The van der Waals surface area contributed by atoms with Crippen LogP contribution < -0.4 is 22.1 Å². The summed E-state index contributed by atoms with van der Waals surface area (Å²) in [6, 6.07) is 7.72. The zero-order valence-electron chi connectivity index (χ0n) is 11.4. The Morgan fingerprint density at radius 1 is 1.21 bits per heavy atom. The fraction of sp³-hybridized carbons (Fsp3) is 0.357. The van der Waals surface area contributed by atoms with Gasteiger partial charge in [-0.3, -0.25) is 5.41 Å². The van der Waals surface area contributed by atoms with Gasteiger partial charge in [0.2, 0.25) is 0 Å². The molecule has 0 spiro atoms. The first-order valence-electron chi connectivity index (χ1n) is 6.39. The third kappa shape index (κ3) is 5.92. The van der Waals surface area contributed by atoms with E-state index in [1.807, 2.05) is 37.5 Å². The Labute approximate surface area is 114 Å². The lowest BCUT2D eigenvalue weighted by molar-refractivity contribution is 0.761. The van der Waals surface area contributed by atoms with Crippen LogP contribution in [0, 0.1) is 5.41 Å². The first-order valence-corrected chi connectivity index (χ1v) is 6.39. The molecule has 0 unspecified atom stereocenters. The van der Waals surface area contributed by atoms with E-state index in [4.69, 9.17) is 16.9 Å². The van der Waals surface area contributed by atoms with E-state index in [9.17, 15) is 0 Å². The minimum absolute atomic E-state index is 0.102. The molecule has 1 aromatic carbocycles. The van der Waals surface area contributed by atoms with E-state index >= 15 is 0 Å². The van der Waals surface area contributed by atoms with Crippen molar-refractivity contribution in [3.63, 3.8) is 0 Å². The Kier molecular flexibility index (Phi) is 6.46. The van der Waals surface area contributed by atoms with Crippen LogP contribution in [0.2, 0.25) is 0 Å². The van der Waals surface area contributed by atoms with Crippen molar-refractivity contribution in [1.29, 1.82) is 5.41 Å². The molecule has 5 nitrogen and oxygen atoms in total. The second-order valence-electron chi connectivity index (χ2n) is 4.39. The second kappa shape index (κ2) is 8.16. The zero-order chi connectivity index (χ0) is 14.1. The Morgan fingerprint density at radius 3 is 2.47 bits per heavy atom. The van der Waals surface area contributed by atoms with Crippen LogP contribution in [-0.2, 0) is 6.42 Å². The molecule has 0 aliphatic heterocycles. The third-order valence-electron chi connectivity index (χ3n) is 2.77. The van der Waals surface area contributed by atoms with Crippen LogP contribution in [0.15, 0.2) is 36.2 Å². The summed E-state index contributed by atoms with van der Waals surface area (Å²) in [5, 5.41) is 13.6. The largest absolute Gasteiger partial charge is 0.401 e. The maximum absolute atomic E-state index is 7.31. The number of hydrogen-bond donors (Lipinski definition) is 5. The summed E-state index contributed by atoms with van der Waals surface area (Å²) in [6.45, 7) is 1.72. The summed E-state index contributed by atoms with van der Waals surface area (Å²) in [6.07, 6.45) is 3.62. The lowest BCUT2D eigenvalue weighted by Gasteiger charge is -2.05. The van der Waals surface area contributed by atoms with E-state index in [0.717, 1.165) is 37.2 Å². The monoisotopic (exact) mass is 261 g/mol. The molecular formula is C14H23N5. The molecule has 19 heavy (non-hydrogen) atoms. The molecule has 104 valence electrons. The molecule has 0 bridgehead atoms. The van der Waals surface area contributed by atoms with Gasteiger partial charge in [-0.1, -0.05) is 24.3 Å². The van der Waals surface area contributed by atoms with Gasteiger partial charge in [0.1, 0.15) is 5.84 Å². The van der Waals surface area contributed by atoms with Gasteiger partial charge in [0.05, 0.1) is 0 Å². The summed E-state index contributed by atoms with van der Waals surface area (Å²) in [5.74, 6) is 0.102. The lowest BCUT2D eigenvalue weighted by Crippen LogP contribution is -2.16. The third-order valence-corrected chi connectivity index (χ3v) is 2.77. The number of nitrogen functional groups attached to an aromatic ring is 1. The average Bonchev–Trinajstić information content (AvgIpc) is 2.41. The molecule has 0 amide bonds. The summed E-state index contributed by atoms with van der Waals surface area (Å²) in [4.78, 5) is 0. The molecule has 0 heterocycles. The van der Waals surface area contributed by atoms with Crippen LogP contribution in [-0.4, -0.2) is 26.0 Å². The molecule has 1 aromatic rings. The van der Waals surface area contributed by atoms with E-state index in [-0.39, 0.29) is 5.84 Å². The standard InChI is InChI=1S/C14H23N5/c1-18-8-7-13(15)10-19-9-6-11-2-4-12(5-3-11)14(16)17/h2-5,10,18-19H,6-9,15H2,1H3,(H3,16,17)/b13-10-. The van der Waals surface area contributed by atoms with Crippen molar-refractivity contribution in [3.05, 3.63) is 47.3 Å². The first kappa shape index (κ1) is 15.0. The highest BCUT2D eigenvalue weighted by Gasteiger charge is 1.96. The fourth-order valence-corrected chi connectivity index (χ4v) is 1.61. The second-order valence-corrected chi connectivity index (χ2v) is 4.39. The maximum atomic E-state index is 7.31. The van der Waals surface area contributed by atoms with E-state index in [1.54, 1.807) is 0 Å². The van der Waals surface area contributed by atoms with Crippen LogP contribution in [0.1, 0.15) is 17.5 Å². The zero-order valence-corrected chi connectivity index (χ0v) is 11.4. The molecule has 0 aliphatic rings. The van der Waals surface area contributed by atoms with E-state index in [0.29, 0.717) is 0 Å². The summed E-state index contributed by atoms with van der Waals surface area (Å²) in [5.41, 5.74) is 14.0. The molecular weight excluding hydrogens is 238 g/mol. The normalized spacial score (nSPS) is 11.3. The number of rotatable bonds is 8. The van der Waals surface area contributed by atoms with Gasteiger partial charge < -0.3 is 22.1 Å². The van der Waals surface area contributed by atoms with Crippen molar-refractivity contribution in [1.82, 2.24) is 10.6 Å². The number of amidine groups is 1. The van der Waals surface area contributed by atoms with Crippen LogP contribution >= 0.6 is 0 Å². The minimum Gasteiger partial charge on any atom is -0.401 e. The Bertz CT molecular complexity index is 422. The molecule has 7 N–H and O–H groups in total. The Morgan fingerprint density at radius 2 is 1.89 bits per heavy atom. The van der Waals surface area contributed by atoms with Gasteiger partial charge in [-0.05, 0) is 19.0 Å². The van der Waals surface area contributed by atoms with Crippen molar-refractivity contribution in [2.24, 2.45) is 11.5 Å². The Hall–Kier alpha value is -2.01. The molecule has 0 saturated heterocycles. The van der Waals surface area contributed by atoms with Gasteiger partial charge in [-0.15, -0.1) is 0 Å². The molecule has 1 rings (SSSR count). The predicted molar refractivity (Wildman–Crippen MR) is 80.0 cm³/mol. The highest BCUT2D eigenvalue weighted by molar-refractivity contribution is 5.94.